The minimum Gasteiger partial charge on any atom is -0.437 e. The van der Waals surface area contributed by atoms with Crippen molar-refractivity contribution in [2.45, 2.75) is 19.4 Å². The third-order valence-electron chi connectivity index (χ3n) is 6.72. The SMILES string of the molecule is CN[C@@H]1CCN(c2cc3c(-c4cn(C)cn4)cnc(N)c3c(Oc3c(C)ccc4[nH]ncc34)n2)C1. The minimum atomic E-state index is 0.361. The highest BCUT2D eigenvalue weighted by molar-refractivity contribution is 6.05. The van der Waals surface area contributed by atoms with E-state index < -0.39 is 0 Å². The zero-order valence-electron chi connectivity index (χ0n) is 19.9. The number of likely N-dealkylation sites (N-methyl/N-ethyl adjacent to an activating group) is 1. The maximum Gasteiger partial charge on any atom is 0.232 e. The molecule has 35 heavy (non-hydrogen) atoms. The van der Waals surface area contributed by atoms with E-state index >= 15 is 0 Å². The Bertz CT molecular complexity index is 1550. The fraction of sp³-hybridized carbons (Fsp3) is 0.280. The molecule has 1 aliphatic heterocycles. The summed E-state index contributed by atoms with van der Waals surface area (Å²) in [4.78, 5) is 16.3. The average Bonchev–Trinajstić information content (AvgIpc) is 3.61. The molecule has 10 nitrogen and oxygen atoms in total. The molecule has 0 unspecified atom stereocenters. The third-order valence-corrected chi connectivity index (χ3v) is 6.72. The molecule has 0 bridgehead atoms. The number of benzene rings is 1. The lowest BCUT2D eigenvalue weighted by Gasteiger charge is -2.21. The van der Waals surface area contributed by atoms with Gasteiger partial charge in [-0.1, -0.05) is 6.07 Å². The van der Waals surface area contributed by atoms with Crippen molar-refractivity contribution in [2.75, 3.05) is 30.8 Å². The molecule has 0 aliphatic carbocycles. The molecule has 6 rings (SSSR count). The first-order chi connectivity index (χ1) is 17.0. The number of nitrogens with zero attached hydrogens (tertiary/aromatic N) is 6. The van der Waals surface area contributed by atoms with Crippen LogP contribution in [0, 0.1) is 6.92 Å². The first-order valence-corrected chi connectivity index (χ1v) is 11.6. The number of H-pyrrole nitrogens is 1. The van der Waals surface area contributed by atoms with Gasteiger partial charge in [0.15, 0.2) is 0 Å². The number of anilines is 2. The summed E-state index contributed by atoms with van der Waals surface area (Å²) < 4.78 is 8.48. The zero-order valence-corrected chi connectivity index (χ0v) is 19.9. The Morgan fingerprint density at radius 3 is 2.86 bits per heavy atom. The van der Waals surface area contributed by atoms with Gasteiger partial charge in [0.25, 0.3) is 0 Å². The van der Waals surface area contributed by atoms with Crippen molar-refractivity contribution < 1.29 is 4.74 Å². The Balaban J connectivity index is 1.58. The molecule has 1 atom stereocenters. The number of nitrogen functional groups attached to an aromatic ring is 1. The van der Waals surface area contributed by atoms with E-state index in [1.165, 1.54) is 0 Å². The highest BCUT2D eigenvalue weighted by atomic mass is 16.5. The van der Waals surface area contributed by atoms with Crippen LogP contribution in [0.3, 0.4) is 0 Å². The van der Waals surface area contributed by atoms with Gasteiger partial charge < -0.3 is 25.3 Å². The van der Waals surface area contributed by atoms with E-state index in [4.69, 9.17) is 15.5 Å². The fourth-order valence-corrected chi connectivity index (χ4v) is 4.77. The van der Waals surface area contributed by atoms with Crippen LogP contribution in [0.25, 0.3) is 32.9 Å². The number of imidazole rings is 1. The summed E-state index contributed by atoms with van der Waals surface area (Å²) in [5, 5.41) is 13.0. The van der Waals surface area contributed by atoms with Crippen LogP contribution in [-0.2, 0) is 7.05 Å². The summed E-state index contributed by atoms with van der Waals surface area (Å²) in [6, 6.07) is 6.48. The summed E-state index contributed by atoms with van der Waals surface area (Å²) in [6.07, 6.45) is 8.33. The number of aryl methyl sites for hydroxylation is 2. The van der Waals surface area contributed by atoms with Gasteiger partial charge in [-0.3, -0.25) is 5.10 Å². The number of pyridine rings is 2. The predicted molar refractivity (Wildman–Crippen MR) is 137 cm³/mol. The van der Waals surface area contributed by atoms with Crippen LogP contribution in [0.5, 0.6) is 11.6 Å². The monoisotopic (exact) mass is 469 g/mol. The second kappa shape index (κ2) is 8.24. The second-order valence-electron chi connectivity index (χ2n) is 9.05. The molecule has 0 spiro atoms. The minimum absolute atomic E-state index is 0.361. The highest BCUT2D eigenvalue weighted by Gasteiger charge is 2.25. The summed E-state index contributed by atoms with van der Waals surface area (Å²) in [7, 11) is 3.94. The molecule has 1 saturated heterocycles. The highest BCUT2D eigenvalue weighted by Crippen LogP contribution is 2.41. The molecule has 0 saturated carbocycles. The molecule has 10 heteroatoms. The van der Waals surface area contributed by atoms with Crippen molar-refractivity contribution in [1.82, 2.24) is 35.0 Å². The number of hydrogen-bond acceptors (Lipinski definition) is 8. The Hall–Kier alpha value is -4.18. The van der Waals surface area contributed by atoms with Gasteiger partial charge in [0.05, 0.1) is 34.5 Å². The smallest absolute Gasteiger partial charge is 0.232 e. The molecule has 0 radical (unpaired) electrons. The maximum absolute atomic E-state index is 6.57. The normalized spacial score (nSPS) is 16.0. The summed E-state index contributed by atoms with van der Waals surface area (Å²) >= 11 is 0. The quantitative estimate of drug-likeness (QED) is 0.358. The van der Waals surface area contributed by atoms with E-state index in [2.05, 4.69) is 36.4 Å². The van der Waals surface area contributed by atoms with Crippen LogP contribution >= 0.6 is 0 Å². The lowest BCUT2D eigenvalue weighted by atomic mass is 10.1. The lowest BCUT2D eigenvalue weighted by Crippen LogP contribution is -2.29. The third kappa shape index (κ3) is 3.62. The summed E-state index contributed by atoms with van der Waals surface area (Å²) in [5.74, 6) is 2.31. The number of hydrogen-bond donors (Lipinski definition) is 3. The summed E-state index contributed by atoms with van der Waals surface area (Å²) in [5.41, 5.74) is 10.0. The molecule has 4 aromatic heterocycles. The first-order valence-electron chi connectivity index (χ1n) is 11.6. The van der Waals surface area contributed by atoms with Crippen LogP contribution in [0.2, 0.25) is 0 Å². The standard InChI is InChI=1S/C25H27N9O/c1-14-4-5-19-18(10-30-32-19)23(14)35-25-22-16(8-21(31-25)34-7-6-15(11-34)27-2)17(9-28-24(22)26)20-12-33(3)13-29-20/h4-5,8-10,12-13,15,27H,6-7,11H2,1-3H3,(H2,26,28)(H,30,32)/t15-/m1/s1. The number of ether oxygens (including phenoxy) is 1. The van der Waals surface area contributed by atoms with Crippen molar-refractivity contribution in [3.05, 3.63) is 48.7 Å². The Morgan fingerprint density at radius 1 is 1.20 bits per heavy atom. The van der Waals surface area contributed by atoms with Crippen molar-refractivity contribution in [2.24, 2.45) is 7.05 Å². The van der Waals surface area contributed by atoms with Gasteiger partial charge >= 0.3 is 0 Å². The number of fused-ring (bicyclic) bond motifs is 2. The van der Waals surface area contributed by atoms with Gasteiger partial charge in [0.1, 0.15) is 17.4 Å². The lowest BCUT2D eigenvalue weighted by molar-refractivity contribution is 0.471. The van der Waals surface area contributed by atoms with Gasteiger partial charge in [0, 0.05) is 49.5 Å². The summed E-state index contributed by atoms with van der Waals surface area (Å²) in [6.45, 7) is 3.77. The molecular weight excluding hydrogens is 442 g/mol. The maximum atomic E-state index is 6.57. The van der Waals surface area contributed by atoms with Gasteiger partial charge in [-0.05, 0) is 38.1 Å². The number of nitrogens with two attached hydrogens (primary N) is 1. The van der Waals surface area contributed by atoms with E-state index in [0.717, 1.165) is 58.4 Å². The number of rotatable bonds is 5. The fourth-order valence-electron chi connectivity index (χ4n) is 4.77. The van der Waals surface area contributed by atoms with Crippen molar-refractivity contribution in [3.63, 3.8) is 0 Å². The van der Waals surface area contributed by atoms with E-state index in [-0.39, 0.29) is 0 Å². The van der Waals surface area contributed by atoms with E-state index in [9.17, 15) is 0 Å². The Morgan fingerprint density at radius 2 is 2.09 bits per heavy atom. The molecule has 5 heterocycles. The molecule has 1 aromatic carbocycles. The number of aromatic amines is 1. The van der Waals surface area contributed by atoms with Crippen LogP contribution in [0.1, 0.15) is 12.0 Å². The second-order valence-corrected chi connectivity index (χ2v) is 9.05. The van der Waals surface area contributed by atoms with Crippen molar-refractivity contribution >= 4 is 33.3 Å². The van der Waals surface area contributed by atoms with E-state index in [1.807, 2.05) is 43.9 Å². The molecule has 178 valence electrons. The first kappa shape index (κ1) is 21.4. The molecular formula is C25H27N9O. The predicted octanol–water partition coefficient (Wildman–Crippen LogP) is 3.39. The van der Waals surface area contributed by atoms with Gasteiger partial charge in [-0.2, -0.15) is 10.1 Å². The van der Waals surface area contributed by atoms with Gasteiger partial charge in [-0.15, -0.1) is 0 Å². The van der Waals surface area contributed by atoms with Crippen LogP contribution in [0.4, 0.5) is 11.6 Å². The van der Waals surface area contributed by atoms with Crippen molar-refractivity contribution in [1.29, 1.82) is 0 Å². The largest absolute Gasteiger partial charge is 0.437 e. The van der Waals surface area contributed by atoms with Crippen LogP contribution in [0.15, 0.2) is 43.1 Å². The average molecular weight is 470 g/mol. The topological polar surface area (TPSA) is 123 Å². The molecule has 0 amide bonds. The van der Waals surface area contributed by atoms with Crippen LogP contribution in [-0.4, -0.2) is 55.9 Å². The Labute approximate surface area is 202 Å². The number of nitrogens with one attached hydrogen (secondary N) is 2. The molecule has 1 fully saturated rings. The van der Waals surface area contributed by atoms with Crippen LogP contribution < -0.4 is 20.7 Å². The Kier molecular flexibility index (Phi) is 5.03. The van der Waals surface area contributed by atoms with Gasteiger partial charge in [-0.25, -0.2) is 9.97 Å². The van der Waals surface area contributed by atoms with Crippen molar-refractivity contribution in [3.8, 4) is 22.9 Å². The van der Waals surface area contributed by atoms with Gasteiger partial charge in [0.2, 0.25) is 5.88 Å². The molecule has 1 aliphatic rings. The van der Waals surface area contributed by atoms with E-state index in [0.29, 0.717) is 28.9 Å². The van der Waals surface area contributed by atoms with E-state index in [1.54, 1.807) is 18.7 Å². The zero-order chi connectivity index (χ0) is 24.1. The molecule has 5 aromatic rings. The number of aromatic nitrogens is 6. The molecule has 4 N–H and O–H groups in total.